The van der Waals surface area contributed by atoms with E-state index < -0.39 is 0 Å². The maximum absolute atomic E-state index is 4.78. The molecule has 20 heavy (non-hydrogen) atoms. The monoisotopic (exact) mass is 445 g/mol. The van der Waals surface area contributed by atoms with Crippen LogP contribution in [0.5, 0.6) is 0 Å². The molecule has 1 N–H and O–H groups in total. The first-order valence-electron chi connectivity index (χ1n) is 6.34. The predicted octanol–water partition coefficient (Wildman–Crippen LogP) is 4.85. The van der Waals surface area contributed by atoms with Crippen LogP contribution in [0.4, 0.5) is 5.82 Å². The number of halogens is 2. The molecule has 1 aromatic heterocycles. The Hall–Kier alpha value is -0.690. The minimum Gasteiger partial charge on any atom is -0.372 e. The highest BCUT2D eigenvalue weighted by atomic mass is 127. The molecule has 0 bridgehead atoms. The van der Waals surface area contributed by atoms with Crippen LogP contribution in [-0.4, -0.2) is 17.0 Å². The lowest BCUT2D eigenvalue weighted by Crippen LogP contribution is -2.18. The van der Waals surface area contributed by atoms with E-state index in [4.69, 9.17) is 4.98 Å². The van der Waals surface area contributed by atoms with Crippen molar-refractivity contribution in [2.24, 2.45) is 0 Å². The normalized spacial score (nSPS) is 11.5. The summed E-state index contributed by atoms with van der Waals surface area (Å²) < 4.78 is 2.11. The standard InChI is InChI=1S/C15H17BrIN3/c1-15(2,3)12-11(17)14(18-4)20-13(19-12)9-6-5-7-10(16)8-9/h5-8H,1-4H3,(H,18,19,20). The van der Waals surface area contributed by atoms with Gasteiger partial charge in [0.05, 0.1) is 9.26 Å². The van der Waals surface area contributed by atoms with Gasteiger partial charge in [-0.15, -0.1) is 0 Å². The summed E-state index contributed by atoms with van der Waals surface area (Å²) in [7, 11) is 1.89. The molecule has 0 aliphatic rings. The van der Waals surface area contributed by atoms with Crippen molar-refractivity contribution in [1.82, 2.24) is 9.97 Å². The lowest BCUT2D eigenvalue weighted by atomic mass is 9.91. The number of nitrogens with zero attached hydrogens (tertiary/aromatic N) is 2. The van der Waals surface area contributed by atoms with Gasteiger partial charge < -0.3 is 5.32 Å². The van der Waals surface area contributed by atoms with Gasteiger partial charge in [0.2, 0.25) is 0 Å². The van der Waals surface area contributed by atoms with E-state index in [2.05, 4.69) is 69.6 Å². The number of hydrogen-bond donors (Lipinski definition) is 1. The molecule has 0 unspecified atom stereocenters. The summed E-state index contributed by atoms with van der Waals surface area (Å²) in [5, 5.41) is 3.16. The first-order valence-corrected chi connectivity index (χ1v) is 8.22. The molecule has 0 aliphatic carbocycles. The summed E-state index contributed by atoms with van der Waals surface area (Å²) in [4.78, 5) is 9.41. The topological polar surface area (TPSA) is 37.8 Å². The summed E-state index contributed by atoms with van der Waals surface area (Å²) in [6.45, 7) is 6.50. The Bertz CT molecular complexity index is 636. The minimum atomic E-state index is -0.0220. The van der Waals surface area contributed by atoms with Crippen molar-refractivity contribution in [2.45, 2.75) is 26.2 Å². The molecule has 0 radical (unpaired) electrons. The average molecular weight is 446 g/mol. The predicted molar refractivity (Wildman–Crippen MR) is 96.1 cm³/mol. The summed E-state index contributed by atoms with van der Waals surface area (Å²) in [6, 6.07) is 8.06. The average Bonchev–Trinajstić information content (AvgIpc) is 2.37. The zero-order chi connectivity index (χ0) is 14.9. The molecule has 0 spiro atoms. The summed E-state index contributed by atoms with van der Waals surface area (Å²) in [6.07, 6.45) is 0. The molecule has 0 amide bonds. The molecule has 0 saturated heterocycles. The second-order valence-electron chi connectivity index (χ2n) is 5.57. The lowest BCUT2D eigenvalue weighted by molar-refractivity contribution is 0.564. The van der Waals surface area contributed by atoms with E-state index in [-0.39, 0.29) is 5.41 Å². The zero-order valence-corrected chi connectivity index (χ0v) is 15.7. The highest BCUT2D eigenvalue weighted by molar-refractivity contribution is 14.1. The van der Waals surface area contributed by atoms with E-state index in [0.29, 0.717) is 0 Å². The van der Waals surface area contributed by atoms with Gasteiger partial charge in [0, 0.05) is 22.5 Å². The van der Waals surface area contributed by atoms with E-state index in [1.54, 1.807) is 0 Å². The van der Waals surface area contributed by atoms with Crippen molar-refractivity contribution in [3.05, 3.63) is 38.0 Å². The number of hydrogen-bond acceptors (Lipinski definition) is 3. The fraction of sp³-hybridized carbons (Fsp3) is 0.333. The quantitative estimate of drug-likeness (QED) is 0.671. The van der Waals surface area contributed by atoms with E-state index in [1.807, 2.05) is 31.3 Å². The van der Waals surface area contributed by atoms with E-state index in [9.17, 15) is 0 Å². The van der Waals surface area contributed by atoms with Gasteiger partial charge >= 0.3 is 0 Å². The number of aromatic nitrogens is 2. The molecule has 2 rings (SSSR count). The van der Waals surface area contributed by atoms with Gasteiger partial charge in [-0.2, -0.15) is 0 Å². The molecule has 5 heteroatoms. The number of anilines is 1. The molecular formula is C15H17BrIN3. The Morgan fingerprint density at radius 2 is 1.90 bits per heavy atom. The summed E-state index contributed by atoms with van der Waals surface area (Å²) in [5.41, 5.74) is 2.05. The fourth-order valence-electron chi connectivity index (χ4n) is 1.87. The van der Waals surface area contributed by atoms with E-state index >= 15 is 0 Å². The molecule has 0 atom stereocenters. The van der Waals surface area contributed by atoms with Crippen molar-refractivity contribution >= 4 is 44.3 Å². The minimum absolute atomic E-state index is 0.0220. The van der Waals surface area contributed by atoms with Gasteiger partial charge in [-0.05, 0) is 34.7 Å². The first kappa shape index (κ1) is 15.7. The third-order valence-electron chi connectivity index (χ3n) is 2.88. The van der Waals surface area contributed by atoms with Crippen LogP contribution < -0.4 is 5.32 Å². The summed E-state index contributed by atoms with van der Waals surface area (Å²) in [5.74, 6) is 1.63. The van der Waals surface area contributed by atoms with Crippen LogP contribution in [0.1, 0.15) is 26.5 Å². The van der Waals surface area contributed by atoms with Gasteiger partial charge in [-0.1, -0.05) is 48.8 Å². The third-order valence-corrected chi connectivity index (χ3v) is 4.40. The molecule has 3 nitrogen and oxygen atoms in total. The van der Waals surface area contributed by atoms with Crippen molar-refractivity contribution < 1.29 is 0 Å². The fourth-order valence-corrected chi connectivity index (χ4v) is 3.59. The van der Waals surface area contributed by atoms with Crippen LogP contribution >= 0.6 is 38.5 Å². The van der Waals surface area contributed by atoms with Crippen molar-refractivity contribution in [3.8, 4) is 11.4 Å². The number of nitrogens with one attached hydrogen (secondary N) is 1. The smallest absolute Gasteiger partial charge is 0.161 e. The Labute approximate surface area is 141 Å². The van der Waals surface area contributed by atoms with Crippen LogP contribution in [0.25, 0.3) is 11.4 Å². The highest BCUT2D eigenvalue weighted by Crippen LogP contribution is 2.31. The molecule has 106 valence electrons. The Morgan fingerprint density at radius 3 is 2.45 bits per heavy atom. The second-order valence-corrected chi connectivity index (χ2v) is 7.56. The van der Waals surface area contributed by atoms with Gasteiger partial charge in [-0.3, -0.25) is 0 Å². The highest BCUT2D eigenvalue weighted by Gasteiger charge is 2.23. The Morgan fingerprint density at radius 1 is 1.20 bits per heavy atom. The van der Waals surface area contributed by atoms with Crippen molar-refractivity contribution in [2.75, 3.05) is 12.4 Å². The third kappa shape index (κ3) is 3.31. The van der Waals surface area contributed by atoms with Crippen LogP contribution in [-0.2, 0) is 5.41 Å². The van der Waals surface area contributed by atoms with E-state index in [0.717, 1.165) is 30.9 Å². The van der Waals surface area contributed by atoms with Crippen LogP contribution in [0.15, 0.2) is 28.7 Å². The zero-order valence-electron chi connectivity index (χ0n) is 12.0. The molecule has 2 aromatic rings. The van der Waals surface area contributed by atoms with Crippen molar-refractivity contribution in [3.63, 3.8) is 0 Å². The van der Waals surface area contributed by atoms with E-state index in [1.165, 1.54) is 0 Å². The largest absolute Gasteiger partial charge is 0.372 e. The molecule has 0 aliphatic heterocycles. The Kier molecular flexibility index (Phi) is 4.69. The molecule has 1 heterocycles. The van der Waals surface area contributed by atoms with Gasteiger partial charge in [0.15, 0.2) is 5.82 Å². The van der Waals surface area contributed by atoms with Crippen LogP contribution in [0.2, 0.25) is 0 Å². The summed E-state index contributed by atoms with van der Waals surface area (Å²) >= 11 is 5.81. The van der Waals surface area contributed by atoms with Gasteiger partial charge in [0.1, 0.15) is 5.82 Å². The van der Waals surface area contributed by atoms with Crippen LogP contribution in [0.3, 0.4) is 0 Å². The van der Waals surface area contributed by atoms with Crippen molar-refractivity contribution in [1.29, 1.82) is 0 Å². The Balaban J connectivity index is 2.66. The lowest BCUT2D eigenvalue weighted by Gasteiger charge is -2.21. The first-order chi connectivity index (χ1) is 9.32. The molecule has 0 fully saturated rings. The SMILES string of the molecule is CNc1nc(-c2cccc(Br)c2)nc(C(C)(C)C)c1I. The van der Waals surface area contributed by atoms with Gasteiger partial charge in [0.25, 0.3) is 0 Å². The number of benzene rings is 1. The van der Waals surface area contributed by atoms with Gasteiger partial charge in [-0.25, -0.2) is 9.97 Å². The molecule has 1 aromatic carbocycles. The molecular weight excluding hydrogens is 429 g/mol. The maximum atomic E-state index is 4.78. The second kappa shape index (κ2) is 5.97. The molecule has 0 saturated carbocycles. The van der Waals surface area contributed by atoms with Crippen LogP contribution in [0, 0.1) is 3.57 Å². The maximum Gasteiger partial charge on any atom is 0.161 e. The number of rotatable bonds is 2.